The van der Waals surface area contributed by atoms with Crippen LogP contribution in [0.4, 0.5) is 5.69 Å². The summed E-state index contributed by atoms with van der Waals surface area (Å²) >= 11 is 12.0. The van der Waals surface area contributed by atoms with Crippen molar-refractivity contribution >= 4 is 38.7 Å². The minimum atomic E-state index is -3.46. The fourth-order valence-corrected chi connectivity index (χ4v) is 5.46. The Morgan fingerprint density at radius 1 is 1.00 bits per heavy atom. The molecule has 0 spiro atoms. The van der Waals surface area contributed by atoms with Crippen LogP contribution in [0.3, 0.4) is 0 Å². The average Bonchev–Trinajstić information content (AvgIpc) is 2.65. The molecular formula is C20H24Cl2N2O2S. The minimum absolute atomic E-state index is 0.0382. The zero-order valence-electron chi connectivity index (χ0n) is 15.6. The van der Waals surface area contributed by atoms with Gasteiger partial charge in [-0.2, -0.15) is 0 Å². The molecule has 27 heavy (non-hydrogen) atoms. The number of benzene rings is 2. The Balaban J connectivity index is 1.59. The smallest absolute Gasteiger partial charge is 0.181 e. The molecule has 1 aliphatic heterocycles. The Morgan fingerprint density at radius 2 is 1.70 bits per heavy atom. The zero-order chi connectivity index (χ0) is 19.6. The largest absolute Gasteiger partial charge is 0.369 e. The quantitative estimate of drug-likeness (QED) is 0.717. The Kier molecular flexibility index (Phi) is 6.36. The third-order valence-electron chi connectivity index (χ3n) is 5.19. The highest BCUT2D eigenvalue weighted by molar-refractivity contribution is 7.91. The van der Waals surface area contributed by atoms with Crippen molar-refractivity contribution in [3.05, 3.63) is 57.6 Å². The second-order valence-corrected chi connectivity index (χ2v) is 9.86. The number of rotatable bonds is 5. The number of nitrogens with zero attached hydrogens (tertiary/aromatic N) is 2. The lowest BCUT2D eigenvalue weighted by molar-refractivity contribution is 0.272. The molecule has 0 aromatic heterocycles. The van der Waals surface area contributed by atoms with Crippen molar-refractivity contribution in [1.29, 1.82) is 0 Å². The SMILES string of the molecule is Cc1cccc(N2CCN(CCS(=O)(=O)c3cc(Cl)ccc3Cl)CC2)c1C. The van der Waals surface area contributed by atoms with Crippen LogP contribution in [0.1, 0.15) is 11.1 Å². The molecule has 2 aromatic rings. The van der Waals surface area contributed by atoms with E-state index in [0.717, 1.165) is 26.2 Å². The molecule has 0 saturated carbocycles. The molecule has 0 atom stereocenters. The van der Waals surface area contributed by atoms with Crippen LogP contribution in [-0.2, 0) is 9.84 Å². The maximum absolute atomic E-state index is 12.6. The summed E-state index contributed by atoms with van der Waals surface area (Å²) in [5, 5.41) is 0.597. The minimum Gasteiger partial charge on any atom is -0.369 e. The first-order valence-electron chi connectivity index (χ1n) is 8.99. The molecule has 0 N–H and O–H groups in total. The monoisotopic (exact) mass is 426 g/mol. The molecule has 1 saturated heterocycles. The molecule has 0 bridgehead atoms. The van der Waals surface area contributed by atoms with E-state index in [1.54, 1.807) is 6.07 Å². The van der Waals surface area contributed by atoms with E-state index >= 15 is 0 Å². The van der Waals surface area contributed by atoms with E-state index in [1.165, 1.54) is 28.9 Å². The van der Waals surface area contributed by atoms with Gasteiger partial charge in [0.2, 0.25) is 0 Å². The molecule has 146 valence electrons. The van der Waals surface area contributed by atoms with Gasteiger partial charge < -0.3 is 4.90 Å². The number of sulfone groups is 1. The van der Waals surface area contributed by atoms with Gasteiger partial charge in [0.25, 0.3) is 0 Å². The highest BCUT2D eigenvalue weighted by Gasteiger charge is 2.23. The van der Waals surface area contributed by atoms with E-state index in [1.807, 2.05) is 0 Å². The summed E-state index contributed by atoms with van der Waals surface area (Å²) in [6.07, 6.45) is 0. The van der Waals surface area contributed by atoms with E-state index in [2.05, 4.69) is 41.8 Å². The number of piperazine rings is 1. The number of hydrogen-bond acceptors (Lipinski definition) is 4. The lowest BCUT2D eigenvalue weighted by atomic mass is 10.1. The Hall–Kier alpha value is -1.27. The molecule has 0 radical (unpaired) electrons. The van der Waals surface area contributed by atoms with Gasteiger partial charge in [-0.05, 0) is 49.2 Å². The number of anilines is 1. The summed E-state index contributed by atoms with van der Waals surface area (Å²) < 4.78 is 25.3. The summed E-state index contributed by atoms with van der Waals surface area (Å²) in [5.74, 6) is 0.0382. The molecule has 4 nitrogen and oxygen atoms in total. The highest BCUT2D eigenvalue weighted by atomic mass is 35.5. The van der Waals surface area contributed by atoms with E-state index < -0.39 is 9.84 Å². The van der Waals surface area contributed by atoms with Gasteiger partial charge in [-0.25, -0.2) is 8.42 Å². The molecule has 3 rings (SSSR count). The molecule has 1 fully saturated rings. The Morgan fingerprint density at radius 3 is 2.41 bits per heavy atom. The summed E-state index contributed by atoms with van der Waals surface area (Å²) in [6.45, 7) is 8.23. The summed E-state index contributed by atoms with van der Waals surface area (Å²) in [6, 6.07) is 10.9. The van der Waals surface area contributed by atoms with Crippen LogP contribution in [0.15, 0.2) is 41.3 Å². The molecule has 2 aromatic carbocycles. The molecule has 0 aliphatic carbocycles. The zero-order valence-corrected chi connectivity index (χ0v) is 17.9. The third kappa shape index (κ3) is 4.77. The standard InChI is InChI=1S/C20H24Cl2N2O2S/c1-15-4-3-5-19(16(15)2)24-10-8-23(9-11-24)12-13-27(25,26)20-14-17(21)6-7-18(20)22/h3-7,14H,8-13H2,1-2H3. The van der Waals surface area contributed by atoms with Crippen molar-refractivity contribution in [3.8, 4) is 0 Å². The Bertz CT molecular complexity index is 924. The summed E-state index contributed by atoms with van der Waals surface area (Å²) in [4.78, 5) is 4.68. The van der Waals surface area contributed by atoms with Gasteiger partial charge in [-0.15, -0.1) is 0 Å². The van der Waals surface area contributed by atoms with Gasteiger partial charge in [-0.1, -0.05) is 35.3 Å². The van der Waals surface area contributed by atoms with Gasteiger partial charge in [-0.3, -0.25) is 4.90 Å². The first kappa shape index (κ1) is 20.5. The lowest BCUT2D eigenvalue weighted by Gasteiger charge is -2.37. The van der Waals surface area contributed by atoms with Crippen LogP contribution in [0.5, 0.6) is 0 Å². The fourth-order valence-electron chi connectivity index (χ4n) is 3.37. The maximum atomic E-state index is 12.6. The number of halogens is 2. The molecule has 0 amide bonds. The molecular weight excluding hydrogens is 403 g/mol. The van der Waals surface area contributed by atoms with Crippen LogP contribution in [0.2, 0.25) is 10.0 Å². The number of aryl methyl sites for hydroxylation is 1. The van der Waals surface area contributed by atoms with Gasteiger partial charge in [0.1, 0.15) is 0 Å². The van der Waals surface area contributed by atoms with Gasteiger partial charge in [0, 0.05) is 43.4 Å². The molecule has 1 heterocycles. The van der Waals surface area contributed by atoms with E-state index in [0.29, 0.717) is 11.6 Å². The first-order chi connectivity index (χ1) is 12.8. The van der Waals surface area contributed by atoms with Crippen LogP contribution in [0, 0.1) is 13.8 Å². The van der Waals surface area contributed by atoms with Crippen molar-refractivity contribution in [3.63, 3.8) is 0 Å². The normalized spacial score (nSPS) is 15.9. The summed E-state index contributed by atoms with van der Waals surface area (Å²) in [5.41, 5.74) is 3.87. The fraction of sp³-hybridized carbons (Fsp3) is 0.400. The topological polar surface area (TPSA) is 40.6 Å². The van der Waals surface area contributed by atoms with Gasteiger partial charge in [0.05, 0.1) is 15.7 Å². The Labute approximate surface area is 171 Å². The second kappa shape index (κ2) is 8.39. The van der Waals surface area contributed by atoms with E-state index in [4.69, 9.17) is 23.2 Å². The van der Waals surface area contributed by atoms with Gasteiger partial charge >= 0.3 is 0 Å². The van der Waals surface area contributed by atoms with Crippen molar-refractivity contribution in [2.45, 2.75) is 18.7 Å². The summed E-state index contributed by atoms with van der Waals surface area (Å²) in [7, 11) is -3.46. The molecule has 0 unspecified atom stereocenters. The predicted molar refractivity (Wildman–Crippen MR) is 113 cm³/mol. The van der Waals surface area contributed by atoms with Crippen molar-refractivity contribution in [2.75, 3.05) is 43.4 Å². The second-order valence-electron chi connectivity index (χ2n) is 6.94. The maximum Gasteiger partial charge on any atom is 0.181 e. The molecule has 7 heteroatoms. The van der Waals surface area contributed by atoms with Crippen LogP contribution in [0.25, 0.3) is 0 Å². The van der Waals surface area contributed by atoms with Crippen LogP contribution < -0.4 is 4.90 Å². The number of hydrogen-bond donors (Lipinski definition) is 0. The lowest BCUT2D eigenvalue weighted by Crippen LogP contribution is -2.47. The van der Waals surface area contributed by atoms with Crippen molar-refractivity contribution < 1.29 is 8.42 Å². The molecule has 1 aliphatic rings. The van der Waals surface area contributed by atoms with Crippen molar-refractivity contribution in [1.82, 2.24) is 4.90 Å². The van der Waals surface area contributed by atoms with E-state index in [-0.39, 0.29) is 15.7 Å². The highest BCUT2D eigenvalue weighted by Crippen LogP contribution is 2.27. The third-order valence-corrected chi connectivity index (χ3v) is 7.60. The van der Waals surface area contributed by atoms with Crippen molar-refractivity contribution in [2.24, 2.45) is 0 Å². The van der Waals surface area contributed by atoms with Crippen LogP contribution >= 0.6 is 23.2 Å². The predicted octanol–water partition coefficient (Wildman–Crippen LogP) is 4.21. The average molecular weight is 427 g/mol. The van der Waals surface area contributed by atoms with Crippen LogP contribution in [-0.4, -0.2) is 51.8 Å². The van der Waals surface area contributed by atoms with Gasteiger partial charge in [0.15, 0.2) is 9.84 Å². The van der Waals surface area contributed by atoms with E-state index in [9.17, 15) is 8.42 Å². The first-order valence-corrected chi connectivity index (χ1v) is 11.4.